The fraction of sp³-hybridized carbons (Fsp3) is 0.273. The molecule has 4 heteroatoms. The molecule has 1 atom stereocenters. The molecule has 0 aliphatic heterocycles. The van der Waals surface area contributed by atoms with Crippen LogP contribution in [-0.2, 0) is 6.18 Å². The predicted molar refractivity (Wildman–Crippen MR) is 52.0 cm³/mol. The van der Waals surface area contributed by atoms with E-state index in [1.54, 1.807) is 6.92 Å². The van der Waals surface area contributed by atoms with Crippen molar-refractivity contribution in [3.63, 3.8) is 0 Å². The van der Waals surface area contributed by atoms with Gasteiger partial charge in [-0.05, 0) is 25.1 Å². The summed E-state index contributed by atoms with van der Waals surface area (Å²) in [7, 11) is 0. The van der Waals surface area contributed by atoms with Crippen molar-refractivity contribution in [2.75, 3.05) is 0 Å². The quantitative estimate of drug-likeness (QED) is 0.658. The van der Waals surface area contributed by atoms with E-state index >= 15 is 0 Å². The van der Waals surface area contributed by atoms with Crippen molar-refractivity contribution in [2.24, 2.45) is 5.73 Å². The molecule has 0 fully saturated rings. The summed E-state index contributed by atoms with van der Waals surface area (Å²) in [5, 5.41) is 0. The predicted octanol–water partition coefficient (Wildman–Crippen LogP) is 2.40. The lowest BCUT2D eigenvalue weighted by molar-refractivity contribution is -0.137. The minimum absolute atomic E-state index is 0.321. The largest absolute Gasteiger partial charge is 0.416 e. The van der Waals surface area contributed by atoms with Gasteiger partial charge in [-0.1, -0.05) is 17.9 Å². The zero-order valence-corrected chi connectivity index (χ0v) is 8.10. The SMILES string of the molecule is CC(N)C#Cc1cccc(C(F)(F)F)c1. The van der Waals surface area contributed by atoms with E-state index in [2.05, 4.69) is 11.8 Å². The highest BCUT2D eigenvalue weighted by atomic mass is 19.4. The Labute approximate surface area is 86.1 Å². The molecule has 0 saturated heterocycles. The third kappa shape index (κ3) is 3.64. The second-order valence-corrected chi connectivity index (χ2v) is 3.14. The molecule has 0 bridgehead atoms. The summed E-state index contributed by atoms with van der Waals surface area (Å²) in [6, 6.07) is 4.52. The monoisotopic (exact) mass is 213 g/mol. The van der Waals surface area contributed by atoms with Crippen molar-refractivity contribution in [3.05, 3.63) is 35.4 Å². The molecule has 0 amide bonds. The van der Waals surface area contributed by atoms with Crippen LogP contribution in [0.25, 0.3) is 0 Å². The average molecular weight is 213 g/mol. The van der Waals surface area contributed by atoms with E-state index in [1.165, 1.54) is 12.1 Å². The van der Waals surface area contributed by atoms with Gasteiger partial charge in [0, 0.05) is 5.56 Å². The smallest absolute Gasteiger partial charge is 0.318 e. The number of halogens is 3. The highest BCUT2D eigenvalue weighted by molar-refractivity contribution is 5.38. The number of benzene rings is 1. The second kappa shape index (κ2) is 4.37. The Hall–Kier alpha value is -1.47. The molecule has 0 saturated carbocycles. The lowest BCUT2D eigenvalue weighted by atomic mass is 10.1. The summed E-state index contributed by atoms with van der Waals surface area (Å²) < 4.78 is 36.9. The van der Waals surface area contributed by atoms with E-state index < -0.39 is 11.7 Å². The highest BCUT2D eigenvalue weighted by Gasteiger charge is 2.30. The Morgan fingerprint density at radius 2 is 2.00 bits per heavy atom. The van der Waals surface area contributed by atoms with Crippen LogP contribution in [0.15, 0.2) is 24.3 Å². The van der Waals surface area contributed by atoms with Crippen molar-refractivity contribution in [3.8, 4) is 11.8 Å². The molecule has 1 unspecified atom stereocenters. The normalized spacial score (nSPS) is 12.9. The molecule has 1 aromatic carbocycles. The third-order valence-electron chi connectivity index (χ3n) is 1.63. The summed E-state index contributed by atoms with van der Waals surface area (Å²) >= 11 is 0. The lowest BCUT2D eigenvalue weighted by Gasteiger charge is -2.05. The van der Waals surface area contributed by atoms with Gasteiger partial charge >= 0.3 is 6.18 Å². The van der Waals surface area contributed by atoms with Gasteiger partial charge in [-0.3, -0.25) is 0 Å². The third-order valence-corrected chi connectivity index (χ3v) is 1.63. The van der Waals surface area contributed by atoms with Crippen LogP contribution >= 0.6 is 0 Å². The molecule has 1 nitrogen and oxygen atoms in total. The number of hydrogen-bond acceptors (Lipinski definition) is 1. The molecule has 0 spiro atoms. The zero-order valence-electron chi connectivity index (χ0n) is 8.10. The van der Waals surface area contributed by atoms with E-state index in [4.69, 9.17) is 5.73 Å². The molecular formula is C11H10F3N. The molecule has 0 heterocycles. The van der Waals surface area contributed by atoms with Crippen molar-refractivity contribution in [1.82, 2.24) is 0 Å². The van der Waals surface area contributed by atoms with Crippen LogP contribution in [0.4, 0.5) is 13.2 Å². The molecular weight excluding hydrogens is 203 g/mol. The molecule has 0 radical (unpaired) electrons. The molecule has 1 aromatic rings. The maximum absolute atomic E-state index is 12.3. The van der Waals surface area contributed by atoms with Gasteiger partial charge in [0.05, 0.1) is 11.6 Å². The summed E-state index contributed by atoms with van der Waals surface area (Å²) in [6.45, 7) is 1.67. The number of hydrogen-bond donors (Lipinski definition) is 1. The number of nitrogens with two attached hydrogens (primary N) is 1. The molecule has 80 valence electrons. The van der Waals surface area contributed by atoms with E-state index in [-0.39, 0.29) is 6.04 Å². The van der Waals surface area contributed by atoms with Crippen LogP contribution < -0.4 is 5.73 Å². The van der Waals surface area contributed by atoms with Crippen LogP contribution in [0.1, 0.15) is 18.1 Å². The summed E-state index contributed by atoms with van der Waals surface area (Å²) in [4.78, 5) is 0. The van der Waals surface area contributed by atoms with Crippen LogP contribution in [-0.4, -0.2) is 6.04 Å². The van der Waals surface area contributed by atoms with Gasteiger partial charge < -0.3 is 5.73 Å². The fourth-order valence-corrected chi connectivity index (χ4v) is 0.970. The Morgan fingerprint density at radius 3 is 2.53 bits per heavy atom. The van der Waals surface area contributed by atoms with Gasteiger partial charge in [0.25, 0.3) is 0 Å². The molecule has 0 aromatic heterocycles. The Morgan fingerprint density at radius 1 is 1.33 bits per heavy atom. The number of rotatable bonds is 0. The van der Waals surface area contributed by atoms with E-state index in [1.807, 2.05) is 0 Å². The first kappa shape index (κ1) is 11.6. The van der Waals surface area contributed by atoms with Crippen molar-refractivity contribution in [2.45, 2.75) is 19.1 Å². The van der Waals surface area contributed by atoms with Gasteiger partial charge in [0.15, 0.2) is 0 Å². The van der Waals surface area contributed by atoms with Gasteiger partial charge in [0.2, 0.25) is 0 Å². The maximum Gasteiger partial charge on any atom is 0.416 e. The average Bonchev–Trinajstić information content (AvgIpc) is 2.14. The minimum Gasteiger partial charge on any atom is -0.318 e. The first-order chi connectivity index (χ1) is 6.89. The molecule has 2 N–H and O–H groups in total. The van der Waals surface area contributed by atoms with E-state index in [9.17, 15) is 13.2 Å². The molecule has 0 aliphatic rings. The molecule has 1 rings (SSSR count). The lowest BCUT2D eigenvalue weighted by Crippen LogP contribution is -2.11. The maximum atomic E-state index is 12.3. The van der Waals surface area contributed by atoms with Gasteiger partial charge in [-0.2, -0.15) is 13.2 Å². The van der Waals surface area contributed by atoms with Gasteiger partial charge in [-0.25, -0.2) is 0 Å². The van der Waals surface area contributed by atoms with Crippen LogP contribution in [0, 0.1) is 11.8 Å². The first-order valence-corrected chi connectivity index (χ1v) is 4.34. The van der Waals surface area contributed by atoms with Crippen LogP contribution in [0.5, 0.6) is 0 Å². The fourth-order valence-electron chi connectivity index (χ4n) is 0.970. The van der Waals surface area contributed by atoms with E-state index in [0.717, 1.165) is 12.1 Å². The number of alkyl halides is 3. The Kier molecular flexibility index (Phi) is 3.38. The summed E-state index contributed by atoms with van der Waals surface area (Å²) in [5.41, 5.74) is 4.99. The standard InChI is InChI=1S/C11H10F3N/c1-8(15)5-6-9-3-2-4-10(7-9)11(12,13)14/h2-4,7-8H,15H2,1H3. The highest BCUT2D eigenvalue weighted by Crippen LogP contribution is 2.29. The van der Waals surface area contributed by atoms with Crippen molar-refractivity contribution >= 4 is 0 Å². The summed E-state index contributed by atoms with van der Waals surface area (Å²) in [5.74, 6) is 5.18. The Bertz CT molecular complexity index is 396. The van der Waals surface area contributed by atoms with E-state index in [0.29, 0.717) is 5.56 Å². The van der Waals surface area contributed by atoms with Gasteiger partial charge in [0.1, 0.15) is 0 Å². The zero-order chi connectivity index (χ0) is 11.5. The topological polar surface area (TPSA) is 26.0 Å². The van der Waals surface area contributed by atoms with Crippen molar-refractivity contribution < 1.29 is 13.2 Å². The Balaban J connectivity index is 3.00. The molecule has 0 aliphatic carbocycles. The summed E-state index contributed by atoms with van der Waals surface area (Å²) in [6.07, 6.45) is -4.33. The minimum atomic E-state index is -4.33. The van der Waals surface area contributed by atoms with Crippen LogP contribution in [0.2, 0.25) is 0 Å². The molecule has 15 heavy (non-hydrogen) atoms. The van der Waals surface area contributed by atoms with Gasteiger partial charge in [-0.15, -0.1) is 0 Å². The van der Waals surface area contributed by atoms with Crippen LogP contribution in [0.3, 0.4) is 0 Å². The second-order valence-electron chi connectivity index (χ2n) is 3.14. The van der Waals surface area contributed by atoms with Crippen molar-refractivity contribution in [1.29, 1.82) is 0 Å². The first-order valence-electron chi connectivity index (χ1n) is 4.34.